The molecule has 0 saturated heterocycles. The maximum atomic E-state index is 11.9. The quantitative estimate of drug-likeness (QED) is 0.722. The van der Waals surface area contributed by atoms with Gasteiger partial charge in [-0.3, -0.25) is 9.59 Å². The Morgan fingerprint density at radius 3 is 2.61 bits per heavy atom. The first-order valence-corrected chi connectivity index (χ1v) is 6.15. The number of carbonyl (C=O) groups excluding carboxylic acids is 1. The molecule has 0 aliphatic carbocycles. The van der Waals surface area contributed by atoms with Crippen molar-refractivity contribution < 1.29 is 4.79 Å². The summed E-state index contributed by atoms with van der Waals surface area (Å²) < 4.78 is 0. The summed E-state index contributed by atoms with van der Waals surface area (Å²) in [5.41, 5.74) is 6.10. The normalized spacial score (nSPS) is 12.5. The molecule has 1 aromatic rings. The van der Waals surface area contributed by atoms with Gasteiger partial charge in [0.1, 0.15) is 5.56 Å². The molecular weight excluding hydrogens is 230 g/mol. The van der Waals surface area contributed by atoms with Crippen LogP contribution in [0.2, 0.25) is 0 Å². The van der Waals surface area contributed by atoms with Crippen molar-refractivity contribution in [3.05, 3.63) is 33.7 Å². The van der Waals surface area contributed by atoms with Gasteiger partial charge in [-0.2, -0.15) is 0 Å². The second-order valence-corrected chi connectivity index (χ2v) is 4.92. The average Bonchev–Trinajstić information content (AvgIpc) is 2.27. The van der Waals surface area contributed by atoms with Crippen LogP contribution in [0, 0.1) is 12.8 Å². The molecule has 5 nitrogen and oxygen atoms in total. The predicted octanol–water partition coefficient (Wildman–Crippen LogP) is 0.787. The molecule has 0 aliphatic rings. The number of hydrogen-bond acceptors (Lipinski definition) is 3. The number of carbonyl (C=O) groups is 1. The average molecular weight is 251 g/mol. The Balaban J connectivity index is 2.78. The number of nitrogens with one attached hydrogen (secondary N) is 2. The predicted molar refractivity (Wildman–Crippen MR) is 71.6 cm³/mol. The van der Waals surface area contributed by atoms with Gasteiger partial charge in [0.15, 0.2) is 0 Å². The molecule has 4 N–H and O–H groups in total. The molecule has 1 aromatic heterocycles. The monoisotopic (exact) mass is 251 g/mol. The van der Waals surface area contributed by atoms with Crippen molar-refractivity contribution in [3.63, 3.8) is 0 Å². The van der Waals surface area contributed by atoms with Gasteiger partial charge in [0, 0.05) is 18.3 Å². The minimum atomic E-state index is -0.368. The van der Waals surface area contributed by atoms with Crippen molar-refractivity contribution in [1.82, 2.24) is 10.3 Å². The smallest absolute Gasteiger partial charge is 0.260 e. The number of H-pyrrole nitrogens is 1. The second-order valence-electron chi connectivity index (χ2n) is 4.92. The lowest BCUT2D eigenvalue weighted by molar-refractivity contribution is 0.0932. The Hall–Kier alpha value is -1.62. The van der Waals surface area contributed by atoms with Crippen molar-refractivity contribution in [2.45, 2.75) is 33.2 Å². The molecule has 0 saturated carbocycles. The fourth-order valence-corrected chi connectivity index (χ4v) is 1.80. The van der Waals surface area contributed by atoms with Crippen LogP contribution in [0.25, 0.3) is 0 Å². The van der Waals surface area contributed by atoms with Crippen molar-refractivity contribution in [2.75, 3.05) is 6.54 Å². The maximum Gasteiger partial charge on any atom is 0.260 e. The van der Waals surface area contributed by atoms with Crippen LogP contribution >= 0.6 is 0 Å². The van der Waals surface area contributed by atoms with Gasteiger partial charge in [-0.05, 0) is 31.4 Å². The van der Waals surface area contributed by atoms with E-state index in [4.69, 9.17) is 5.73 Å². The van der Waals surface area contributed by atoms with Gasteiger partial charge in [-0.15, -0.1) is 0 Å². The van der Waals surface area contributed by atoms with Crippen molar-refractivity contribution in [2.24, 2.45) is 11.7 Å². The molecule has 100 valence electrons. The van der Waals surface area contributed by atoms with E-state index < -0.39 is 0 Å². The van der Waals surface area contributed by atoms with E-state index >= 15 is 0 Å². The van der Waals surface area contributed by atoms with Gasteiger partial charge < -0.3 is 16.0 Å². The molecule has 5 heteroatoms. The van der Waals surface area contributed by atoms with Gasteiger partial charge >= 0.3 is 0 Å². The Labute approximate surface area is 107 Å². The Morgan fingerprint density at radius 1 is 1.44 bits per heavy atom. The van der Waals surface area contributed by atoms with E-state index in [0.29, 0.717) is 12.5 Å². The molecule has 0 radical (unpaired) electrons. The first-order chi connectivity index (χ1) is 8.43. The highest BCUT2D eigenvalue weighted by Crippen LogP contribution is 2.04. The van der Waals surface area contributed by atoms with Crippen LogP contribution in [0.5, 0.6) is 0 Å². The Morgan fingerprint density at radius 2 is 2.11 bits per heavy atom. The molecule has 1 unspecified atom stereocenters. The maximum absolute atomic E-state index is 11.9. The van der Waals surface area contributed by atoms with Gasteiger partial charge in [0.2, 0.25) is 0 Å². The highest BCUT2D eigenvalue weighted by atomic mass is 16.2. The van der Waals surface area contributed by atoms with Crippen molar-refractivity contribution in [3.8, 4) is 0 Å². The highest BCUT2D eigenvalue weighted by Gasteiger charge is 2.16. The molecule has 1 rings (SSSR count). The van der Waals surface area contributed by atoms with E-state index in [1.807, 2.05) is 0 Å². The molecule has 1 amide bonds. The van der Waals surface area contributed by atoms with Gasteiger partial charge in [0.25, 0.3) is 11.5 Å². The summed E-state index contributed by atoms with van der Waals surface area (Å²) in [5, 5.41) is 2.79. The summed E-state index contributed by atoms with van der Waals surface area (Å²) in [6.45, 7) is 6.26. The van der Waals surface area contributed by atoms with Crippen molar-refractivity contribution >= 4 is 5.91 Å². The molecular formula is C13H21N3O2. The topological polar surface area (TPSA) is 88.0 Å². The number of amides is 1. The number of rotatable bonds is 5. The van der Waals surface area contributed by atoms with E-state index in [-0.39, 0.29) is 23.1 Å². The number of hydrogen-bond donors (Lipinski definition) is 3. The molecule has 1 atom stereocenters. The standard InChI is InChI=1S/C13H21N3O2/c1-8(2)6-10(7-14)16-13(18)11-5-4-9(3)15-12(11)17/h4-5,8,10H,6-7,14H2,1-3H3,(H,15,17)(H,16,18). The molecule has 0 aromatic carbocycles. The summed E-state index contributed by atoms with van der Waals surface area (Å²) in [5.74, 6) is 0.0718. The van der Waals surface area contributed by atoms with Crippen LogP contribution in [0.3, 0.4) is 0 Å². The summed E-state index contributed by atoms with van der Waals surface area (Å²) in [6.07, 6.45) is 0.798. The fourth-order valence-electron chi connectivity index (χ4n) is 1.80. The van der Waals surface area contributed by atoms with E-state index in [0.717, 1.165) is 12.1 Å². The van der Waals surface area contributed by atoms with E-state index in [1.54, 1.807) is 13.0 Å². The van der Waals surface area contributed by atoms with Crippen LogP contribution in [0.4, 0.5) is 0 Å². The van der Waals surface area contributed by atoms with Crippen LogP contribution in [-0.4, -0.2) is 23.5 Å². The molecule has 0 aliphatic heterocycles. The number of nitrogens with two attached hydrogens (primary N) is 1. The van der Waals surface area contributed by atoms with Gasteiger partial charge in [0.05, 0.1) is 0 Å². The van der Waals surface area contributed by atoms with Crippen LogP contribution in [-0.2, 0) is 0 Å². The summed E-state index contributed by atoms with van der Waals surface area (Å²) in [6, 6.07) is 3.14. The first-order valence-electron chi connectivity index (χ1n) is 6.15. The van der Waals surface area contributed by atoms with Gasteiger partial charge in [-0.25, -0.2) is 0 Å². The Bertz CT molecular complexity index is 466. The zero-order valence-corrected chi connectivity index (χ0v) is 11.1. The molecule has 18 heavy (non-hydrogen) atoms. The third-order valence-corrected chi connectivity index (χ3v) is 2.68. The number of pyridine rings is 1. The minimum Gasteiger partial charge on any atom is -0.348 e. The third-order valence-electron chi connectivity index (χ3n) is 2.68. The van der Waals surface area contributed by atoms with Gasteiger partial charge in [-0.1, -0.05) is 13.8 Å². The van der Waals surface area contributed by atoms with E-state index in [2.05, 4.69) is 24.1 Å². The molecule has 0 fully saturated rings. The lowest BCUT2D eigenvalue weighted by Gasteiger charge is -2.18. The number of aromatic nitrogens is 1. The van der Waals surface area contributed by atoms with Crippen LogP contribution in [0.15, 0.2) is 16.9 Å². The summed E-state index contributed by atoms with van der Waals surface area (Å²) in [7, 11) is 0. The molecule has 0 spiro atoms. The number of aryl methyl sites for hydroxylation is 1. The highest BCUT2D eigenvalue weighted by molar-refractivity contribution is 5.94. The lowest BCUT2D eigenvalue weighted by Crippen LogP contribution is -2.42. The minimum absolute atomic E-state index is 0.0989. The number of aromatic amines is 1. The second kappa shape index (κ2) is 6.35. The van der Waals surface area contributed by atoms with Crippen LogP contribution in [0.1, 0.15) is 36.3 Å². The Kier molecular flexibility index (Phi) is 5.09. The summed E-state index contributed by atoms with van der Waals surface area (Å²) in [4.78, 5) is 26.2. The fraction of sp³-hybridized carbons (Fsp3) is 0.538. The van der Waals surface area contributed by atoms with E-state index in [1.165, 1.54) is 6.07 Å². The van der Waals surface area contributed by atoms with E-state index in [9.17, 15) is 9.59 Å². The zero-order chi connectivity index (χ0) is 13.7. The van der Waals surface area contributed by atoms with Crippen LogP contribution < -0.4 is 16.6 Å². The third kappa shape index (κ3) is 4.00. The molecule has 1 heterocycles. The first kappa shape index (κ1) is 14.4. The largest absolute Gasteiger partial charge is 0.348 e. The van der Waals surface area contributed by atoms with Crippen molar-refractivity contribution in [1.29, 1.82) is 0 Å². The molecule has 0 bridgehead atoms. The SMILES string of the molecule is Cc1ccc(C(=O)NC(CN)CC(C)C)c(=O)[nH]1. The lowest BCUT2D eigenvalue weighted by atomic mass is 10.0. The zero-order valence-electron chi connectivity index (χ0n) is 11.1. The summed E-state index contributed by atoms with van der Waals surface area (Å²) >= 11 is 0.